The summed E-state index contributed by atoms with van der Waals surface area (Å²) in [5.74, 6) is 1.71. The van der Waals surface area contributed by atoms with Crippen molar-refractivity contribution in [3.63, 3.8) is 0 Å². The Balaban J connectivity index is 1.87. The van der Waals surface area contributed by atoms with Gasteiger partial charge in [-0.2, -0.15) is 0 Å². The standard InChI is InChI=1S/C12H20ClNO2/c13-8-10-2-1-5-14(9-10)12(15)11-3-6-16-7-4-11/h10-11H,1-9H2. The monoisotopic (exact) mass is 245 g/mol. The second-order valence-corrected chi connectivity index (χ2v) is 5.14. The third-order valence-corrected chi connectivity index (χ3v) is 4.06. The maximum Gasteiger partial charge on any atom is 0.225 e. The fourth-order valence-electron chi connectivity index (χ4n) is 2.59. The average Bonchev–Trinajstić information content (AvgIpc) is 2.39. The van der Waals surface area contributed by atoms with Gasteiger partial charge >= 0.3 is 0 Å². The smallest absolute Gasteiger partial charge is 0.225 e. The minimum Gasteiger partial charge on any atom is -0.381 e. The Labute approximate surface area is 102 Å². The van der Waals surface area contributed by atoms with E-state index in [2.05, 4.69) is 0 Å². The first-order chi connectivity index (χ1) is 7.81. The second-order valence-electron chi connectivity index (χ2n) is 4.83. The predicted octanol–water partition coefficient (Wildman–Crippen LogP) is 1.89. The molecule has 2 aliphatic heterocycles. The number of carbonyl (C=O) groups is 1. The van der Waals surface area contributed by atoms with Crippen LogP contribution in [0, 0.1) is 11.8 Å². The van der Waals surface area contributed by atoms with Gasteiger partial charge < -0.3 is 9.64 Å². The van der Waals surface area contributed by atoms with E-state index in [1.165, 1.54) is 6.42 Å². The number of piperidine rings is 1. The normalized spacial score (nSPS) is 28.1. The van der Waals surface area contributed by atoms with Crippen molar-refractivity contribution in [1.29, 1.82) is 0 Å². The number of ether oxygens (including phenoxy) is 1. The van der Waals surface area contributed by atoms with Crippen LogP contribution >= 0.6 is 11.6 Å². The van der Waals surface area contributed by atoms with Gasteiger partial charge in [0.1, 0.15) is 0 Å². The lowest BCUT2D eigenvalue weighted by molar-refractivity contribution is -0.140. The van der Waals surface area contributed by atoms with Crippen LogP contribution in [0.5, 0.6) is 0 Å². The molecule has 2 heterocycles. The van der Waals surface area contributed by atoms with E-state index in [4.69, 9.17) is 16.3 Å². The zero-order chi connectivity index (χ0) is 11.4. The quantitative estimate of drug-likeness (QED) is 0.696. The largest absolute Gasteiger partial charge is 0.381 e. The molecule has 0 saturated carbocycles. The van der Waals surface area contributed by atoms with Gasteiger partial charge in [-0.1, -0.05) is 0 Å². The Morgan fingerprint density at radius 1 is 1.31 bits per heavy atom. The molecule has 2 rings (SSSR count). The highest BCUT2D eigenvalue weighted by molar-refractivity contribution is 6.18. The fraction of sp³-hybridized carbons (Fsp3) is 0.917. The van der Waals surface area contributed by atoms with Crippen LogP contribution in [-0.2, 0) is 9.53 Å². The number of nitrogens with zero attached hydrogens (tertiary/aromatic N) is 1. The van der Waals surface area contributed by atoms with Crippen LogP contribution in [0.4, 0.5) is 0 Å². The summed E-state index contributed by atoms with van der Waals surface area (Å²) in [5, 5.41) is 0. The lowest BCUT2D eigenvalue weighted by Gasteiger charge is -2.35. The highest BCUT2D eigenvalue weighted by atomic mass is 35.5. The molecule has 1 unspecified atom stereocenters. The maximum atomic E-state index is 12.2. The van der Waals surface area contributed by atoms with Crippen LogP contribution in [0.15, 0.2) is 0 Å². The number of carbonyl (C=O) groups excluding carboxylic acids is 1. The lowest BCUT2D eigenvalue weighted by Crippen LogP contribution is -2.44. The summed E-state index contributed by atoms with van der Waals surface area (Å²) >= 11 is 5.88. The summed E-state index contributed by atoms with van der Waals surface area (Å²) in [5.41, 5.74) is 0. The molecule has 0 spiro atoms. The van der Waals surface area contributed by atoms with Gasteiger partial charge in [0, 0.05) is 38.1 Å². The highest BCUT2D eigenvalue weighted by Gasteiger charge is 2.29. The minimum atomic E-state index is 0.197. The molecule has 2 fully saturated rings. The van der Waals surface area contributed by atoms with E-state index in [1.807, 2.05) is 4.90 Å². The molecule has 92 valence electrons. The van der Waals surface area contributed by atoms with E-state index >= 15 is 0 Å². The molecule has 16 heavy (non-hydrogen) atoms. The fourth-order valence-corrected chi connectivity index (χ4v) is 2.85. The molecule has 1 atom stereocenters. The predicted molar refractivity (Wildman–Crippen MR) is 63.6 cm³/mol. The zero-order valence-corrected chi connectivity index (χ0v) is 10.4. The summed E-state index contributed by atoms with van der Waals surface area (Å²) in [6.07, 6.45) is 4.05. The van der Waals surface area contributed by atoms with E-state index in [0.29, 0.717) is 17.7 Å². The number of amides is 1. The van der Waals surface area contributed by atoms with Crippen molar-refractivity contribution in [1.82, 2.24) is 4.90 Å². The summed E-state index contributed by atoms with van der Waals surface area (Å²) in [6, 6.07) is 0. The molecule has 3 nitrogen and oxygen atoms in total. The molecular weight excluding hydrogens is 226 g/mol. The molecule has 0 N–H and O–H groups in total. The molecule has 2 aliphatic rings. The van der Waals surface area contributed by atoms with Crippen molar-refractivity contribution in [3.8, 4) is 0 Å². The molecular formula is C12H20ClNO2. The molecule has 0 radical (unpaired) electrons. The first-order valence-corrected chi connectivity index (χ1v) is 6.77. The second kappa shape index (κ2) is 5.87. The van der Waals surface area contributed by atoms with Gasteiger partial charge in [0.2, 0.25) is 5.91 Å². The van der Waals surface area contributed by atoms with Crippen molar-refractivity contribution in [3.05, 3.63) is 0 Å². The summed E-state index contributed by atoms with van der Waals surface area (Å²) < 4.78 is 5.29. The average molecular weight is 246 g/mol. The Kier molecular flexibility index (Phi) is 4.47. The van der Waals surface area contributed by atoms with Crippen molar-refractivity contribution in [2.75, 3.05) is 32.2 Å². The van der Waals surface area contributed by atoms with Crippen molar-refractivity contribution >= 4 is 17.5 Å². The van der Waals surface area contributed by atoms with Gasteiger partial charge in [0.25, 0.3) is 0 Å². The van der Waals surface area contributed by atoms with Crippen LogP contribution in [0.25, 0.3) is 0 Å². The third-order valence-electron chi connectivity index (χ3n) is 3.62. The summed E-state index contributed by atoms with van der Waals surface area (Å²) in [6.45, 7) is 3.26. The molecule has 0 aromatic carbocycles. The molecule has 2 saturated heterocycles. The number of hydrogen-bond acceptors (Lipinski definition) is 2. The SMILES string of the molecule is O=C(C1CCOCC1)N1CCCC(CCl)C1. The van der Waals surface area contributed by atoms with E-state index in [0.717, 1.165) is 45.6 Å². The first kappa shape index (κ1) is 12.2. The maximum absolute atomic E-state index is 12.2. The van der Waals surface area contributed by atoms with Crippen LogP contribution in [0.2, 0.25) is 0 Å². The molecule has 0 aliphatic carbocycles. The number of alkyl halides is 1. The van der Waals surface area contributed by atoms with Gasteiger partial charge in [-0.15, -0.1) is 11.6 Å². The lowest BCUT2D eigenvalue weighted by atomic mass is 9.95. The van der Waals surface area contributed by atoms with E-state index in [9.17, 15) is 4.79 Å². The molecule has 0 aromatic rings. The molecule has 1 amide bonds. The number of halogens is 1. The van der Waals surface area contributed by atoms with Crippen molar-refractivity contribution in [2.45, 2.75) is 25.7 Å². The zero-order valence-electron chi connectivity index (χ0n) is 9.66. The Morgan fingerprint density at radius 2 is 2.06 bits per heavy atom. The summed E-state index contributed by atoms with van der Waals surface area (Å²) in [4.78, 5) is 14.3. The first-order valence-electron chi connectivity index (χ1n) is 6.23. The van der Waals surface area contributed by atoms with Crippen molar-refractivity contribution < 1.29 is 9.53 Å². The van der Waals surface area contributed by atoms with Crippen molar-refractivity contribution in [2.24, 2.45) is 11.8 Å². The topological polar surface area (TPSA) is 29.5 Å². The molecule has 0 aromatic heterocycles. The number of rotatable bonds is 2. The van der Waals surface area contributed by atoms with Crippen LogP contribution < -0.4 is 0 Å². The number of hydrogen-bond donors (Lipinski definition) is 0. The molecule has 0 bridgehead atoms. The Morgan fingerprint density at radius 3 is 2.75 bits per heavy atom. The Bertz CT molecular complexity index is 241. The van der Waals surface area contributed by atoms with Crippen LogP contribution in [-0.4, -0.2) is 43.0 Å². The van der Waals surface area contributed by atoms with E-state index in [1.54, 1.807) is 0 Å². The van der Waals surface area contributed by atoms with E-state index < -0.39 is 0 Å². The highest BCUT2D eigenvalue weighted by Crippen LogP contribution is 2.23. The van der Waals surface area contributed by atoms with Gasteiger partial charge in [0.05, 0.1) is 0 Å². The molecule has 4 heteroatoms. The van der Waals surface area contributed by atoms with Gasteiger partial charge in [0.15, 0.2) is 0 Å². The Hall–Kier alpha value is -0.280. The van der Waals surface area contributed by atoms with Gasteiger partial charge in [-0.05, 0) is 31.6 Å². The van der Waals surface area contributed by atoms with Gasteiger partial charge in [-0.3, -0.25) is 4.79 Å². The third kappa shape index (κ3) is 2.89. The summed E-state index contributed by atoms with van der Waals surface area (Å²) in [7, 11) is 0. The van der Waals surface area contributed by atoms with Crippen LogP contribution in [0.1, 0.15) is 25.7 Å². The van der Waals surface area contributed by atoms with Crippen LogP contribution in [0.3, 0.4) is 0 Å². The number of likely N-dealkylation sites (tertiary alicyclic amines) is 1. The minimum absolute atomic E-state index is 0.197. The van der Waals surface area contributed by atoms with E-state index in [-0.39, 0.29) is 5.92 Å². The van der Waals surface area contributed by atoms with Gasteiger partial charge in [-0.25, -0.2) is 0 Å².